The summed E-state index contributed by atoms with van der Waals surface area (Å²) in [6.07, 6.45) is 4.29. The SMILES string of the molecule is O=C(O)c1cn2cc(Cl)ncc2n1. The van der Waals surface area contributed by atoms with Crippen LogP contribution in [0, 0.1) is 0 Å². The molecule has 0 amide bonds. The highest BCUT2D eigenvalue weighted by atomic mass is 35.5. The van der Waals surface area contributed by atoms with Crippen LogP contribution in [0.2, 0.25) is 5.15 Å². The van der Waals surface area contributed by atoms with Gasteiger partial charge in [0, 0.05) is 12.4 Å². The zero-order chi connectivity index (χ0) is 9.42. The summed E-state index contributed by atoms with van der Waals surface area (Å²) in [6, 6.07) is 0. The van der Waals surface area contributed by atoms with Gasteiger partial charge in [0.1, 0.15) is 5.15 Å². The second kappa shape index (κ2) is 2.70. The van der Waals surface area contributed by atoms with Crippen molar-refractivity contribution in [1.82, 2.24) is 14.4 Å². The number of fused-ring (bicyclic) bond motifs is 1. The van der Waals surface area contributed by atoms with E-state index < -0.39 is 5.97 Å². The van der Waals surface area contributed by atoms with Crippen LogP contribution in [-0.2, 0) is 0 Å². The van der Waals surface area contributed by atoms with Crippen LogP contribution < -0.4 is 0 Å². The number of hydrogen-bond donors (Lipinski definition) is 1. The lowest BCUT2D eigenvalue weighted by Gasteiger charge is -1.90. The zero-order valence-electron chi connectivity index (χ0n) is 6.31. The molecule has 2 aromatic rings. The molecule has 0 aliphatic rings. The minimum Gasteiger partial charge on any atom is -0.476 e. The van der Waals surface area contributed by atoms with Crippen molar-refractivity contribution in [1.29, 1.82) is 0 Å². The lowest BCUT2D eigenvalue weighted by atomic mass is 10.5. The average Bonchev–Trinajstić information content (AvgIpc) is 2.46. The molecule has 0 radical (unpaired) electrons. The number of carbonyl (C=O) groups is 1. The second-order valence-electron chi connectivity index (χ2n) is 2.41. The quantitative estimate of drug-likeness (QED) is 0.743. The molecule has 0 atom stereocenters. The number of aromatic nitrogens is 3. The van der Waals surface area contributed by atoms with E-state index in [1.54, 1.807) is 0 Å². The fourth-order valence-electron chi connectivity index (χ4n) is 0.977. The molecule has 5 nitrogen and oxygen atoms in total. The Labute approximate surface area is 77.6 Å². The molecular formula is C7H4ClN3O2. The van der Waals surface area contributed by atoms with Gasteiger partial charge in [-0.25, -0.2) is 14.8 Å². The Hall–Kier alpha value is -1.62. The van der Waals surface area contributed by atoms with E-state index >= 15 is 0 Å². The number of aromatic carboxylic acids is 1. The number of carboxylic acid groups (broad SMARTS) is 1. The third-order valence-corrected chi connectivity index (χ3v) is 1.72. The third-order valence-electron chi connectivity index (χ3n) is 1.53. The first-order chi connectivity index (χ1) is 6.16. The summed E-state index contributed by atoms with van der Waals surface area (Å²) in [5, 5.41) is 8.92. The van der Waals surface area contributed by atoms with Gasteiger partial charge in [-0.3, -0.25) is 0 Å². The van der Waals surface area contributed by atoms with E-state index in [1.807, 2.05) is 0 Å². The molecule has 2 heterocycles. The molecule has 6 heteroatoms. The highest BCUT2D eigenvalue weighted by Crippen LogP contribution is 2.08. The molecule has 0 spiro atoms. The molecule has 2 rings (SSSR count). The molecule has 0 saturated heterocycles. The van der Waals surface area contributed by atoms with Gasteiger partial charge in [0.2, 0.25) is 0 Å². The van der Waals surface area contributed by atoms with E-state index in [-0.39, 0.29) is 5.69 Å². The predicted molar refractivity (Wildman–Crippen MR) is 45.0 cm³/mol. The van der Waals surface area contributed by atoms with Gasteiger partial charge >= 0.3 is 5.97 Å². The molecule has 0 fully saturated rings. The second-order valence-corrected chi connectivity index (χ2v) is 2.79. The van der Waals surface area contributed by atoms with Gasteiger partial charge in [0.05, 0.1) is 6.20 Å². The summed E-state index contributed by atoms with van der Waals surface area (Å²) < 4.78 is 1.51. The summed E-state index contributed by atoms with van der Waals surface area (Å²) >= 11 is 5.60. The Balaban J connectivity index is 2.68. The van der Waals surface area contributed by atoms with Crippen molar-refractivity contribution in [3.05, 3.63) is 29.4 Å². The number of carboxylic acids is 1. The normalized spacial score (nSPS) is 10.5. The smallest absolute Gasteiger partial charge is 0.356 e. The van der Waals surface area contributed by atoms with Crippen LogP contribution in [0.4, 0.5) is 0 Å². The largest absolute Gasteiger partial charge is 0.476 e. The minimum atomic E-state index is -1.07. The van der Waals surface area contributed by atoms with Gasteiger partial charge in [-0.15, -0.1) is 0 Å². The predicted octanol–water partition coefficient (Wildman–Crippen LogP) is 1.08. The highest BCUT2D eigenvalue weighted by Gasteiger charge is 2.08. The maximum absolute atomic E-state index is 10.5. The van der Waals surface area contributed by atoms with Crippen molar-refractivity contribution in [2.75, 3.05) is 0 Å². The molecule has 13 heavy (non-hydrogen) atoms. The van der Waals surface area contributed by atoms with E-state index in [1.165, 1.54) is 23.0 Å². The number of rotatable bonds is 1. The van der Waals surface area contributed by atoms with Crippen molar-refractivity contribution >= 4 is 23.2 Å². The number of halogens is 1. The summed E-state index contributed by atoms with van der Waals surface area (Å²) in [7, 11) is 0. The fourth-order valence-corrected chi connectivity index (χ4v) is 1.13. The van der Waals surface area contributed by atoms with Crippen LogP contribution in [0.1, 0.15) is 10.5 Å². The van der Waals surface area contributed by atoms with E-state index in [4.69, 9.17) is 16.7 Å². The molecule has 0 aromatic carbocycles. The minimum absolute atomic E-state index is 0.0240. The van der Waals surface area contributed by atoms with Crippen molar-refractivity contribution in [3.63, 3.8) is 0 Å². The summed E-state index contributed by atoms with van der Waals surface area (Å²) in [6.45, 7) is 0. The van der Waals surface area contributed by atoms with Crippen LogP contribution in [0.15, 0.2) is 18.6 Å². The van der Waals surface area contributed by atoms with Crippen LogP contribution >= 0.6 is 11.6 Å². The summed E-state index contributed by atoms with van der Waals surface area (Å²) in [4.78, 5) is 18.1. The highest BCUT2D eigenvalue weighted by molar-refractivity contribution is 6.29. The molecule has 66 valence electrons. The monoisotopic (exact) mass is 197 g/mol. The van der Waals surface area contributed by atoms with Gasteiger partial charge in [-0.1, -0.05) is 11.6 Å². The first kappa shape index (κ1) is 8.00. The van der Waals surface area contributed by atoms with E-state index in [0.29, 0.717) is 10.8 Å². The third kappa shape index (κ3) is 1.33. The van der Waals surface area contributed by atoms with Crippen molar-refractivity contribution < 1.29 is 9.90 Å². The van der Waals surface area contributed by atoms with E-state index in [2.05, 4.69) is 9.97 Å². The lowest BCUT2D eigenvalue weighted by molar-refractivity contribution is 0.0691. The van der Waals surface area contributed by atoms with E-state index in [0.717, 1.165) is 0 Å². The van der Waals surface area contributed by atoms with Crippen LogP contribution in [0.5, 0.6) is 0 Å². The van der Waals surface area contributed by atoms with Crippen molar-refractivity contribution in [2.45, 2.75) is 0 Å². The van der Waals surface area contributed by atoms with E-state index in [9.17, 15) is 4.79 Å². The van der Waals surface area contributed by atoms with Crippen molar-refractivity contribution in [3.8, 4) is 0 Å². The number of nitrogens with zero attached hydrogens (tertiary/aromatic N) is 3. The maximum Gasteiger partial charge on any atom is 0.356 e. The average molecular weight is 198 g/mol. The molecule has 0 aliphatic heterocycles. The van der Waals surface area contributed by atoms with Crippen LogP contribution in [0.25, 0.3) is 5.65 Å². The van der Waals surface area contributed by atoms with Crippen LogP contribution in [-0.4, -0.2) is 25.4 Å². The van der Waals surface area contributed by atoms with Gasteiger partial charge in [-0.05, 0) is 0 Å². The molecule has 0 saturated carbocycles. The number of hydrogen-bond acceptors (Lipinski definition) is 3. The van der Waals surface area contributed by atoms with Gasteiger partial charge < -0.3 is 9.51 Å². The molecule has 2 aromatic heterocycles. The Morgan fingerprint density at radius 2 is 2.31 bits per heavy atom. The molecule has 0 aliphatic carbocycles. The first-order valence-electron chi connectivity index (χ1n) is 3.40. The maximum atomic E-state index is 10.5. The molecule has 1 N–H and O–H groups in total. The zero-order valence-corrected chi connectivity index (χ0v) is 7.06. The molecule has 0 bridgehead atoms. The van der Waals surface area contributed by atoms with Gasteiger partial charge in [0.25, 0.3) is 0 Å². The topological polar surface area (TPSA) is 67.5 Å². The first-order valence-corrected chi connectivity index (χ1v) is 3.78. The standard InChI is InChI=1S/C7H4ClN3O2/c8-5-3-11-2-4(7(12)13)10-6(11)1-9-5/h1-3H,(H,12,13). The molecular weight excluding hydrogens is 194 g/mol. The Morgan fingerprint density at radius 1 is 1.54 bits per heavy atom. The Bertz CT molecular complexity index is 480. The lowest BCUT2D eigenvalue weighted by Crippen LogP contribution is -1.94. The summed E-state index contributed by atoms with van der Waals surface area (Å²) in [5.41, 5.74) is 0.436. The van der Waals surface area contributed by atoms with Crippen molar-refractivity contribution in [2.24, 2.45) is 0 Å². The summed E-state index contributed by atoms with van der Waals surface area (Å²) in [5.74, 6) is -1.07. The number of imidazole rings is 1. The van der Waals surface area contributed by atoms with Gasteiger partial charge in [-0.2, -0.15) is 0 Å². The Kier molecular flexibility index (Phi) is 1.66. The Morgan fingerprint density at radius 3 is 3.00 bits per heavy atom. The van der Waals surface area contributed by atoms with Crippen LogP contribution in [0.3, 0.4) is 0 Å². The molecule has 0 unspecified atom stereocenters. The van der Waals surface area contributed by atoms with Gasteiger partial charge in [0.15, 0.2) is 11.3 Å². The fraction of sp³-hybridized carbons (Fsp3) is 0.